The zero-order chi connectivity index (χ0) is 25.8. The Hall–Kier alpha value is -3.86. The second-order valence-electron chi connectivity index (χ2n) is 9.96. The number of aliphatic imine (C=N–C) groups is 1. The van der Waals surface area contributed by atoms with Crippen molar-refractivity contribution in [3.63, 3.8) is 0 Å². The van der Waals surface area contributed by atoms with E-state index in [1.165, 1.54) is 30.4 Å². The molecule has 0 radical (unpaired) electrons. The van der Waals surface area contributed by atoms with Crippen LogP contribution in [0.4, 0.5) is 17.1 Å². The van der Waals surface area contributed by atoms with Crippen LogP contribution in [0.2, 0.25) is 0 Å². The number of carbonyl (C=O) groups excluding carboxylic acids is 1. The van der Waals surface area contributed by atoms with Crippen molar-refractivity contribution in [2.75, 3.05) is 11.4 Å². The predicted molar refractivity (Wildman–Crippen MR) is 151 cm³/mol. The molecule has 0 atom stereocenters. The molecule has 1 aliphatic heterocycles. The van der Waals surface area contributed by atoms with Crippen LogP contribution in [0, 0.1) is 13.8 Å². The summed E-state index contributed by atoms with van der Waals surface area (Å²) < 4.78 is 6.00. The molecule has 3 aromatic carbocycles. The first-order chi connectivity index (χ1) is 18.0. The molecule has 190 valence electrons. The number of hydrogen-bond donors (Lipinski definition) is 0. The summed E-state index contributed by atoms with van der Waals surface area (Å²) in [6.45, 7) is 6.70. The van der Waals surface area contributed by atoms with E-state index < -0.39 is 0 Å². The van der Waals surface area contributed by atoms with Crippen LogP contribution < -0.4 is 4.90 Å². The van der Waals surface area contributed by atoms with Gasteiger partial charge in [0.2, 0.25) is 0 Å². The number of hydrogen-bond acceptors (Lipinski definition) is 4. The highest BCUT2D eigenvalue weighted by molar-refractivity contribution is 6.11. The van der Waals surface area contributed by atoms with Gasteiger partial charge in [0.15, 0.2) is 5.76 Å². The molecule has 1 amide bonds. The lowest BCUT2D eigenvalue weighted by Crippen LogP contribution is -2.30. The van der Waals surface area contributed by atoms with Crippen molar-refractivity contribution in [2.45, 2.75) is 58.9 Å². The van der Waals surface area contributed by atoms with Crippen molar-refractivity contribution in [1.29, 1.82) is 0 Å². The molecular formula is C32H35N3O2. The molecular weight excluding hydrogens is 458 g/mol. The minimum absolute atomic E-state index is 0.123. The number of likely N-dealkylation sites (N-methyl/N-ethyl adjacent to an activating group) is 1. The maximum absolute atomic E-state index is 13.0. The fourth-order valence-corrected chi connectivity index (χ4v) is 4.96. The molecule has 5 rings (SSSR count). The number of nitrogens with zero attached hydrogens (tertiary/aromatic N) is 3. The van der Waals surface area contributed by atoms with Crippen molar-refractivity contribution < 1.29 is 9.53 Å². The minimum atomic E-state index is -0.123. The summed E-state index contributed by atoms with van der Waals surface area (Å²) in [6.07, 6.45) is 7.61. The van der Waals surface area contributed by atoms with Gasteiger partial charge in [-0.15, -0.1) is 0 Å². The molecule has 1 aliphatic carbocycles. The van der Waals surface area contributed by atoms with Gasteiger partial charge in [-0.05, 0) is 81.7 Å². The number of carbonyl (C=O) groups is 1. The van der Waals surface area contributed by atoms with E-state index >= 15 is 0 Å². The third kappa shape index (κ3) is 5.61. The Labute approximate surface area is 220 Å². The van der Waals surface area contributed by atoms with E-state index in [9.17, 15) is 4.79 Å². The number of ether oxygens (including phenoxy) is 1. The Morgan fingerprint density at radius 2 is 1.35 bits per heavy atom. The van der Waals surface area contributed by atoms with Crippen molar-refractivity contribution in [2.24, 2.45) is 4.99 Å². The fraction of sp³-hybridized carbons (Fsp3) is 0.312. The first-order valence-electron chi connectivity index (χ1n) is 13.3. The van der Waals surface area contributed by atoms with Crippen molar-refractivity contribution in [1.82, 2.24) is 4.90 Å². The van der Waals surface area contributed by atoms with E-state index in [4.69, 9.17) is 9.73 Å². The van der Waals surface area contributed by atoms with Gasteiger partial charge in [0.1, 0.15) is 0 Å². The second kappa shape index (κ2) is 11.0. The first-order valence-corrected chi connectivity index (χ1v) is 13.3. The number of rotatable bonds is 6. The van der Waals surface area contributed by atoms with Crippen LogP contribution in [0.1, 0.15) is 55.7 Å². The Bertz CT molecular complexity index is 1240. The van der Waals surface area contributed by atoms with Crippen LogP contribution in [-0.4, -0.2) is 29.4 Å². The third-order valence-electron chi connectivity index (χ3n) is 7.11. The summed E-state index contributed by atoms with van der Waals surface area (Å²) in [7, 11) is 0. The van der Waals surface area contributed by atoms with Crippen molar-refractivity contribution in [3.8, 4) is 0 Å². The van der Waals surface area contributed by atoms with Gasteiger partial charge in [0, 0.05) is 23.6 Å². The number of aryl methyl sites for hydroxylation is 2. The molecule has 3 aromatic rings. The topological polar surface area (TPSA) is 45.1 Å². The number of benzene rings is 3. The second-order valence-corrected chi connectivity index (χ2v) is 9.96. The standard InChI is InChI=1S/C32H35N3O2/c1-4-34-31(36)30(37-32(34)33-26-8-6-5-7-9-26)22-25-14-20-29(21-15-25)35(27-16-10-23(2)11-17-27)28-18-12-24(3)13-19-28/h10-22,26H,4-9H2,1-3H3/b30-22+,33-32?. The zero-order valence-corrected chi connectivity index (χ0v) is 22.0. The molecule has 1 heterocycles. The molecule has 5 nitrogen and oxygen atoms in total. The van der Waals surface area contributed by atoms with E-state index in [1.807, 2.05) is 25.1 Å². The van der Waals surface area contributed by atoms with Crippen LogP contribution in [0.5, 0.6) is 0 Å². The lowest BCUT2D eigenvalue weighted by molar-refractivity contribution is -0.122. The summed E-state index contributed by atoms with van der Waals surface area (Å²) in [6, 6.07) is 26.0. The first kappa shape index (κ1) is 24.8. The maximum atomic E-state index is 13.0. The smallest absolute Gasteiger partial charge is 0.300 e. The molecule has 5 heteroatoms. The molecule has 0 spiro atoms. The van der Waals surface area contributed by atoms with Crippen LogP contribution in [0.3, 0.4) is 0 Å². The Kier molecular flexibility index (Phi) is 7.40. The molecule has 0 aromatic heterocycles. The van der Waals surface area contributed by atoms with Gasteiger partial charge in [-0.1, -0.05) is 66.8 Å². The SMILES string of the molecule is CCN1C(=O)/C(=C\c2ccc(N(c3ccc(C)cc3)c3ccc(C)cc3)cc2)OC1=NC1CCCCC1. The van der Waals surface area contributed by atoms with Crippen LogP contribution in [0.25, 0.3) is 6.08 Å². The van der Waals surface area contributed by atoms with Crippen LogP contribution in [-0.2, 0) is 9.53 Å². The largest absolute Gasteiger partial charge is 0.420 e. The number of amides is 1. The van der Waals surface area contributed by atoms with Gasteiger partial charge in [-0.3, -0.25) is 9.69 Å². The summed E-state index contributed by atoms with van der Waals surface area (Å²) in [5, 5.41) is 0. The van der Waals surface area contributed by atoms with Gasteiger partial charge in [0.05, 0.1) is 6.04 Å². The predicted octanol–water partition coefficient (Wildman–Crippen LogP) is 7.68. The molecule has 2 aliphatic rings. The average Bonchev–Trinajstić information content (AvgIpc) is 3.21. The van der Waals surface area contributed by atoms with E-state index in [0.29, 0.717) is 18.3 Å². The Morgan fingerprint density at radius 1 is 0.838 bits per heavy atom. The zero-order valence-electron chi connectivity index (χ0n) is 22.0. The summed E-state index contributed by atoms with van der Waals surface area (Å²) in [5.74, 6) is 0.208. The highest BCUT2D eigenvalue weighted by Crippen LogP contribution is 2.35. The molecule has 0 N–H and O–H groups in total. The van der Waals surface area contributed by atoms with Gasteiger partial charge in [-0.25, -0.2) is 4.99 Å². The molecule has 1 saturated heterocycles. The molecule has 2 fully saturated rings. The quantitative estimate of drug-likeness (QED) is 0.331. The highest BCUT2D eigenvalue weighted by Gasteiger charge is 2.34. The van der Waals surface area contributed by atoms with E-state index in [0.717, 1.165) is 35.5 Å². The Balaban J connectivity index is 1.41. The van der Waals surface area contributed by atoms with Gasteiger partial charge in [-0.2, -0.15) is 0 Å². The van der Waals surface area contributed by atoms with Crippen molar-refractivity contribution in [3.05, 3.63) is 95.2 Å². The van der Waals surface area contributed by atoms with Gasteiger partial charge >= 0.3 is 6.02 Å². The molecule has 37 heavy (non-hydrogen) atoms. The maximum Gasteiger partial charge on any atom is 0.300 e. The van der Waals surface area contributed by atoms with Crippen molar-refractivity contribution >= 4 is 35.1 Å². The van der Waals surface area contributed by atoms with E-state index in [-0.39, 0.29) is 11.9 Å². The lowest BCUT2D eigenvalue weighted by Gasteiger charge is -2.25. The van der Waals surface area contributed by atoms with Gasteiger partial charge in [0.25, 0.3) is 5.91 Å². The normalized spacial score (nSPS) is 18.5. The fourth-order valence-electron chi connectivity index (χ4n) is 4.96. The van der Waals surface area contributed by atoms with Gasteiger partial charge < -0.3 is 9.64 Å². The van der Waals surface area contributed by atoms with E-state index in [2.05, 4.69) is 79.4 Å². The average molecular weight is 494 g/mol. The highest BCUT2D eigenvalue weighted by atomic mass is 16.5. The summed E-state index contributed by atoms with van der Waals surface area (Å²) in [5.41, 5.74) is 6.60. The van der Waals surface area contributed by atoms with Crippen LogP contribution in [0.15, 0.2) is 83.5 Å². The number of amidine groups is 1. The number of anilines is 3. The van der Waals surface area contributed by atoms with Crippen LogP contribution >= 0.6 is 0 Å². The third-order valence-corrected chi connectivity index (χ3v) is 7.11. The minimum Gasteiger partial charge on any atom is -0.420 e. The lowest BCUT2D eigenvalue weighted by atomic mass is 9.96. The molecule has 0 bridgehead atoms. The molecule has 1 saturated carbocycles. The Morgan fingerprint density at radius 3 is 1.86 bits per heavy atom. The monoisotopic (exact) mass is 493 g/mol. The summed E-state index contributed by atoms with van der Waals surface area (Å²) in [4.78, 5) is 21.7. The molecule has 0 unspecified atom stereocenters. The summed E-state index contributed by atoms with van der Waals surface area (Å²) >= 11 is 0. The van der Waals surface area contributed by atoms with E-state index in [1.54, 1.807) is 4.90 Å².